The highest BCUT2D eigenvalue weighted by Gasteiger charge is 2.07. The van der Waals surface area contributed by atoms with Gasteiger partial charge in [-0.05, 0) is 17.7 Å². The number of hydrogen-bond acceptors (Lipinski definition) is 7. The van der Waals surface area contributed by atoms with Crippen molar-refractivity contribution >= 4 is 23.5 Å². The van der Waals surface area contributed by atoms with Crippen molar-refractivity contribution in [1.29, 1.82) is 5.26 Å². The van der Waals surface area contributed by atoms with E-state index in [-0.39, 0.29) is 0 Å². The minimum absolute atomic E-state index is 0.403. The second-order valence-corrected chi connectivity index (χ2v) is 4.58. The largest absolute Gasteiger partial charge is 0.357 e. The molecule has 1 heterocycles. The van der Waals surface area contributed by atoms with E-state index < -0.39 is 0 Å². The summed E-state index contributed by atoms with van der Waals surface area (Å²) in [5, 5.41) is 14.7. The molecule has 0 aliphatic heterocycles. The van der Waals surface area contributed by atoms with Gasteiger partial charge in [-0.3, -0.25) is 0 Å². The molecule has 0 aliphatic rings. The van der Waals surface area contributed by atoms with Crippen molar-refractivity contribution in [3.05, 3.63) is 29.8 Å². The summed E-state index contributed by atoms with van der Waals surface area (Å²) in [7, 11) is 5.50. The van der Waals surface area contributed by atoms with Crippen molar-refractivity contribution in [2.24, 2.45) is 0 Å². The summed E-state index contributed by atoms with van der Waals surface area (Å²) < 4.78 is 0. The molecule has 0 radical (unpaired) electrons. The van der Waals surface area contributed by atoms with Gasteiger partial charge in [0.15, 0.2) is 0 Å². The van der Waals surface area contributed by atoms with Crippen LogP contribution in [0.5, 0.6) is 0 Å². The maximum absolute atomic E-state index is 8.66. The first-order chi connectivity index (χ1) is 10.1. The molecule has 2 N–H and O–H groups in total. The Bertz CT molecular complexity index is 643. The Hall–Kier alpha value is -2.88. The second-order valence-electron chi connectivity index (χ2n) is 4.58. The molecule has 108 valence electrons. The quantitative estimate of drug-likeness (QED) is 0.864. The lowest BCUT2D eigenvalue weighted by molar-refractivity contribution is 0.963. The molecule has 0 amide bonds. The first-order valence-corrected chi connectivity index (χ1v) is 6.46. The number of nitriles is 1. The summed E-state index contributed by atoms with van der Waals surface area (Å²) in [4.78, 5) is 14.7. The van der Waals surface area contributed by atoms with Gasteiger partial charge in [0.25, 0.3) is 0 Å². The molecule has 1 aromatic heterocycles. The third-order valence-corrected chi connectivity index (χ3v) is 2.74. The average molecular weight is 283 g/mol. The fourth-order valence-corrected chi connectivity index (χ4v) is 1.66. The lowest BCUT2D eigenvalue weighted by Gasteiger charge is -2.13. The van der Waals surface area contributed by atoms with E-state index in [0.717, 1.165) is 11.3 Å². The normalized spacial score (nSPS) is 9.81. The predicted octanol–water partition coefficient (Wildman–Crippen LogP) is 1.79. The molecule has 7 nitrogen and oxygen atoms in total. The summed E-state index contributed by atoms with van der Waals surface area (Å²) in [6.45, 7) is 0. The lowest BCUT2D eigenvalue weighted by Crippen LogP contribution is -2.15. The number of aromatic nitrogens is 3. The van der Waals surface area contributed by atoms with Gasteiger partial charge in [-0.15, -0.1) is 0 Å². The third kappa shape index (κ3) is 3.79. The van der Waals surface area contributed by atoms with Crippen molar-refractivity contribution in [3.8, 4) is 6.07 Å². The Morgan fingerprint density at radius 2 is 1.76 bits per heavy atom. The van der Waals surface area contributed by atoms with E-state index in [0.29, 0.717) is 24.3 Å². The summed E-state index contributed by atoms with van der Waals surface area (Å²) in [6.07, 6.45) is 0.403. The van der Waals surface area contributed by atoms with Crippen LogP contribution >= 0.6 is 0 Å². The molecule has 0 aliphatic carbocycles. The molecule has 0 atom stereocenters. The SMILES string of the molecule is CNc1nc(Nc2ccc(CC#N)cc2)nc(N(C)C)n1. The van der Waals surface area contributed by atoms with Gasteiger partial charge >= 0.3 is 0 Å². The molecule has 2 rings (SSSR count). The van der Waals surface area contributed by atoms with Crippen molar-refractivity contribution in [1.82, 2.24) is 15.0 Å². The maximum Gasteiger partial charge on any atom is 0.233 e. The minimum Gasteiger partial charge on any atom is -0.357 e. The van der Waals surface area contributed by atoms with Crippen LogP contribution in [0, 0.1) is 11.3 Å². The molecule has 1 aromatic carbocycles. The van der Waals surface area contributed by atoms with E-state index in [1.807, 2.05) is 43.3 Å². The number of anilines is 4. The average Bonchev–Trinajstić information content (AvgIpc) is 2.49. The minimum atomic E-state index is 0.403. The summed E-state index contributed by atoms with van der Waals surface area (Å²) in [6, 6.07) is 9.71. The van der Waals surface area contributed by atoms with Crippen LogP contribution in [0.25, 0.3) is 0 Å². The van der Waals surface area contributed by atoms with Gasteiger partial charge in [-0.1, -0.05) is 12.1 Å². The van der Waals surface area contributed by atoms with E-state index in [4.69, 9.17) is 5.26 Å². The van der Waals surface area contributed by atoms with Gasteiger partial charge in [0, 0.05) is 26.8 Å². The zero-order valence-corrected chi connectivity index (χ0v) is 12.3. The van der Waals surface area contributed by atoms with Crippen LogP contribution < -0.4 is 15.5 Å². The van der Waals surface area contributed by atoms with Crippen LogP contribution in [-0.4, -0.2) is 36.1 Å². The lowest BCUT2D eigenvalue weighted by atomic mass is 10.1. The summed E-state index contributed by atoms with van der Waals surface area (Å²) in [5.74, 6) is 1.53. The Kier molecular flexibility index (Phi) is 4.51. The molecule has 0 saturated carbocycles. The molecular weight excluding hydrogens is 266 g/mol. The van der Waals surface area contributed by atoms with E-state index in [1.54, 1.807) is 7.05 Å². The second kappa shape index (κ2) is 6.52. The van der Waals surface area contributed by atoms with Gasteiger partial charge in [-0.2, -0.15) is 20.2 Å². The number of hydrogen-bond donors (Lipinski definition) is 2. The topological polar surface area (TPSA) is 89.8 Å². The summed E-state index contributed by atoms with van der Waals surface area (Å²) >= 11 is 0. The molecule has 7 heteroatoms. The molecule has 0 fully saturated rings. The van der Waals surface area contributed by atoms with Gasteiger partial charge in [-0.25, -0.2) is 0 Å². The van der Waals surface area contributed by atoms with Crippen LogP contribution in [-0.2, 0) is 6.42 Å². The molecule has 0 spiro atoms. The zero-order chi connectivity index (χ0) is 15.2. The number of nitrogens with one attached hydrogen (secondary N) is 2. The Morgan fingerprint density at radius 3 is 2.33 bits per heavy atom. The Labute approximate surface area is 123 Å². The first kappa shape index (κ1) is 14.5. The number of nitrogens with zero attached hydrogens (tertiary/aromatic N) is 5. The zero-order valence-electron chi connectivity index (χ0n) is 12.3. The van der Waals surface area contributed by atoms with Crippen LogP contribution in [0.3, 0.4) is 0 Å². The highest BCUT2D eigenvalue weighted by atomic mass is 15.3. The number of rotatable bonds is 5. The monoisotopic (exact) mass is 283 g/mol. The van der Waals surface area contributed by atoms with Crippen molar-refractivity contribution in [3.63, 3.8) is 0 Å². The van der Waals surface area contributed by atoms with E-state index in [2.05, 4.69) is 31.7 Å². The van der Waals surface area contributed by atoms with Crippen LogP contribution in [0.2, 0.25) is 0 Å². The predicted molar refractivity (Wildman–Crippen MR) is 82.7 cm³/mol. The van der Waals surface area contributed by atoms with Crippen molar-refractivity contribution < 1.29 is 0 Å². The molecule has 0 unspecified atom stereocenters. The van der Waals surface area contributed by atoms with E-state index in [9.17, 15) is 0 Å². The van der Waals surface area contributed by atoms with Gasteiger partial charge in [0.2, 0.25) is 17.8 Å². The first-order valence-electron chi connectivity index (χ1n) is 6.46. The van der Waals surface area contributed by atoms with Gasteiger partial charge in [0.05, 0.1) is 12.5 Å². The van der Waals surface area contributed by atoms with Crippen molar-refractivity contribution in [2.45, 2.75) is 6.42 Å². The Morgan fingerprint density at radius 1 is 1.10 bits per heavy atom. The highest BCUT2D eigenvalue weighted by molar-refractivity contribution is 5.56. The van der Waals surface area contributed by atoms with Gasteiger partial charge in [0.1, 0.15) is 0 Å². The standard InChI is InChI=1S/C14H17N7/c1-16-12-18-13(20-14(19-12)21(2)3)17-11-6-4-10(5-7-11)8-9-15/h4-7H,8H2,1-3H3,(H2,16,17,18,19,20). The van der Waals surface area contributed by atoms with E-state index >= 15 is 0 Å². The molecule has 2 aromatic rings. The fourth-order valence-electron chi connectivity index (χ4n) is 1.66. The fraction of sp³-hybridized carbons (Fsp3) is 0.286. The van der Waals surface area contributed by atoms with Gasteiger partial charge < -0.3 is 15.5 Å². The van der Waals surface area contributed by atoms with Crippen LogP contribution in [0.15, 0.2) is 24.3 Å². The smallest absolute Gasteiger partial charge is 0.233 e. The van der Waals surface area contributed by atoms with Crippen LogP contribution in [0.1, 0.15) is 5.56 Å². The molecular formula is C14H17N7. The summed E-state index contributed by atoms with van der Waals surface area (Å²) in [5.41, 5.74) is 1.83. The highest BCUT2D eigenvalue weighted by Crippen LogP contribution is 2.17. The van der Waals surface area contributed by atoms with E-state index in [1.165, 1.54) is 0 Å². The number of benzene rings is 1. The molecule has 0 bridgehead atoms. The Balaban J connectivity index is 2.22. The van der Waals surface area contributed by atoms with Crippen molar-refractivity contribution in [2.75, 3.05) is 36.7 Å². The molecule has 21 heavy (non-hydrogen) atoms. The van der Waals surface area contributed by atoms with Crippen LogP contribution in [0.4, 0.5) is 23.5 Å². The molecule has 0 saturated heterocycles. The maximum atomic E-state index is 8.66. The third-order valence-electron chi connectivity index (χ3n) is 2.74.